The fourth-order valence-corrected chi connectivity index (χ4v) is 7.26. The van der Waals surface area contributed by atoms with Crippen LogP contribution in [0.15, 0.2) is 23.0 Å². The third-order valence-electron chi connectivity index (χ3n) is 8.70. The first-order valence-electron chi connectivity index (χ1n) is 11.2. The van der Waals surface area contributed by atoms with Gasteiger partial charge in [-0.05, 0) is 95.3 Å². The van der Waals surface area contributed by atoms with Crippen molar-refractivity contribution in [3.8, 4) is 0 Å². The van der Waals surface area contributed by atoms with Gasteiger partial charge in [-0.1, -0.05) is 18.1 Å². The SMILES string of the molecule is COC1=CCC2=C(CC[C@@H]3[C@@H]2CC[C@]2(C)[C@@H](N(C)CCN(C)C)CC[C@@H]32)C1. The number of rotatable bonds is 5. The maximum atomic E-state index is 5.56. The van der Waals surface area contributed by atoms with Crippen LogP contribution in [0.1, 0.15) is 58.3 Å². The van der Waals surface area contributed by atoms with Crippen LogP contribution < -0.4 is 0 Å². The third kappa shape index (κ3) is 3.40. The lowest BCUT2D eigenvalue weighted by Gasteiger charge is -2.53. The van der Waals surface area contributed by atoms with E-state index in [1.54, 1.807) is 5.57 Å². The smallest absolute Gasteiger partial charge is 0.0959 e. The number of hydrogen-bond acceptors (Lipinski definition) is 3. The summed E-state index contributed by atoms with van der Waals surface area (Å²) in [6.45, 7) is 5.02. The minimum atomic E-state index is 0.530. The maximum Gasteiger partial charge on any atom is 0.0959 e. The summed E-state index contributed by atoms with van der Waals surface area (Å²) in [5.41, 5.74) is 4.08. The monoisotopic (exact) mass is 372 g/mol. The lowest BCUT2D eigenvalue weighted by molar-refractivity contribution is -0.00468. The second kappa shape index (κ2) is 7.55. The van der Waals surface area contributed by atoms with Crippen molar-refractivity contribution in [1.82, 2.24) is 9.80 Å². The molecule has 27 heavy (non-hydrogen) atoms. The zero-order chi connectivity index (χ0) is 19.2. The van der Waals surface area contributed by atoms with Crippen molar-refractivity contribution in [3.05, 3.63) is 23.0 Å². The predicted molar refractivity (Wildman–Crippen MR) is 113 cm³/mol. The van der Waals surface area contributed by atoms with E-state index in [-0.39, 0.29) is 0 Å². The van der Waals surface area contributed by atoms with Crippen molar-refractivity contribution in [2.24, 2.45) is 23.2 Å². The Labute approximate surface area is 166 Å². The molecule has 2 fully saturated rings. The van der Waals surface area contributed by atoms with Crippen LogP contribution in [0.5, 0.6) is 0 Å². The van der Waals surface area contributed by atoms with Crippen molar-refractivity contribution in [3.63, 3.8) is 0 Å². The number of fused-ring (bicyclic) bond motifs is 4. The Balaban J connectivity index is 1.49. The van der Waals surface area contributed by atoms with Crippen LogP contribution in [0.3, 0.4) is 0 Å². The van der Waals surface area contributed by atoms with Gasteiger partial charge in [0.25, 0.3) is 0 Å². The van der Waals surface area contributed by atoms with Crippen LogP contribution in [0.25, 0.3) is 0 Å². The molecule has 4 rings (SSSR count). The van der Waals surface area contributed by atoms with Gasteiger partial charge in [0.15, 0.2) is 0 Å². The molecule has 0 heterocycles. The van der Waals surface area contributed by atoms with E-state index in [9.17, 15) is 0 Å². The van der Waals surface area contributed by atoms with Gasteiger partial charge in [-0.25, -0.2) is 0 Å². The first-order valence-corrected chi connectivity index (χ1v) is 11.2. The molecule has 0 aromatic carbocycles. The molecule has 3 heteroatoms. The molecule has 0 radical (unpaired) electrons. The molecule has 0 bridgehead atoms. The number of hydrogen-bond donors (Lipinski definition) is 0. The van der Waals surface area contributed by atoms with E-state index in [0.717, 1.165) is 36.6 Å². The first kappa shape index (κ1) is 19.5. The number of likely N-dealkylation sites (N-methyl/N-ethyl adjacent to an activating group) is 2. The summed E-state index contributed by atoms with van der Waals surface area (Å²) in [6, 6.07) is 0.783. The van der Waals surface area contributed by atoms with Crippen LogP contribution >= 0.6 is 0 Å². The molecule has 2 saturated carbocycles. The number of allylic oxidation sites excluding steroid dienone is 3. The van der Waals surface area contributed by atoms with Gasteiger partial charge < -0.3 is 14.5 Å². The van der Waals surface area contributed by atoms with E-state index < -0.39 is 0 Å². The predicted octanol–water partition coefficient (Wildman–Crippen LogP) is 4.71. The van der Waals surface area contributed by atoms with Gasteiger partial charge >= 0.3 is 0 Å². The number of nitrogens with zero attached hydrogens (tertiary/aromatic N) is 2. The van der Waals surface area contributed by atoms with E-state index in [1.165, 1.54) is 57.4 Å². The van der Waals surface area contributed by atoms with Gasteiger partial charge in [-0.3, -0.25) is 0 Å². The second-order valence-corrected chi connectivity index (χ2v) is 10.2. The fourth-order valence-electron chi connectivity index (χ4n) is 7.26. The van der Waals surface area contributed by atoms with Crippen LogP contribution in [-0.2, 0) is 4.74 Å². The average molecular weight is 373 g/mol. The molecule has 0 amide bonds. The molecular weight excluding hydrogens is 332 g/mol. The molecule has 0 N–H and O–H groups in total. The maximum absolute atomic E-state index is 5.56. The summed E-state index contributed by atoms with van der Waals surface area (Å²) in [6.07, 6.45) is 13.1. The molecule has 152 valence electrons. The standard InChI is InChI=1S/C24H40N2O/c1-24-13-12-20-19-9-7-18(27-5)16-17(19)6-8-21(20)22(24)10-11-23(24)26(4)15-14-25(2)3/h7,20-23H,6,8-16H2,1-5H3/t20-,21-,22+,23+,24+/m1/s1. The minimum Gasteiger partial charge on any atom is -0.501 e. The van der Waals surface area contributed by atoms with Crippen LogP contribution in [-0.4, -0.2) is 57.2 Å². The Kier molecular flexibility index (Phi) is 5.46. The topological polar surface area (TPSA) is 15.7 Å². The summed E-state index contributed by atoms with van der Waals surface area (Å²) >= 11 is 0. The Bertz CT molecular complexity index is 622. The lowest BCUT2D eigenvalue weighted by Crippen LogP contribution is -2.50. The second-order valence-electron chi connectivity index (χ2n) is 10.2. The highest BCUT2D eigenvalue weighted by molar-refractivity contribution is 5.32. The quantitative estimate of drug-likeness (QED) is 0.650. The normalized spacial score (nSPS) is 38.6. The van der Waals surface area contributed by atoms with Gasteiger partial charge in [-0.15, -0.1) is 0 Å². The molecular formula is C24H40N2O. The van der Waals surface area contributed by atoms with Gasteiger partial charge in [0, 0.05) is 25.6 Å². The summed E-state index contributed by atoms with van der Waals surface area (Å²) in [7, 11) is 8.60. The number of ether oxygens (including phenoxy) is 1. The summed E-state index contributed by atoms with van der Waals surface area (Å²) in [5.74, 6) is 3.95. The van der Waals surface area contributed by atoms with Crippen LogP contribution in [0.4, 0.5) is 0 Å². The van der Waals surface area contributed by atoms with Crippen LogP contribution in [0, 0.1) is 23.2 Å². The zero-order valence-corrected chi connectivity index (χ0v) is 18.3. The molecule has 0 aliphatic heterocycles. The summed E-state index contributed by atoms with van der Waals surface area (Å²) < 4.78 is 5.56. The summed E-state index contributed by atoms with van der Waals surface area (Å²) in [4.78, 5) is 5.02. The van der Waals surface area contributed by atoms with Crippen molar-refractivity contribution in [2.45, 2.75) is 64.3 Å². The van der Waals surface area contributed by atoms with Crippen molar-refractivity contribution >= 4 is 0 Å². The Morgan fingerprint density at radius 3 is 2.67 bits per heavy atom. The highest BCUT2D eigenvalue weighted by Crippen LogP contribution is 2.61. The highest BCUT2D eigenvalue weighted by atomic mass is 16.5. The van der Waals surface area contributed by atoms with E-state index in [0.29, 0.717) is 5.41 Å². The Morgan fingerprint density at radius 2 is 1.93 bits per heavy atom. The van der Waals surface area contributed by atoms with Gasteiger partial charge in [-0.2, -0.15) is 0 Å². The number of methoxy groups -OCH3 is 1. The molecule has 4 aliphatic carbocycles. The van der Waals surface area contributed by atoms with Gasteiger partial charge in [0.05, 0.1) is 12.9 Å². The molecule has 0 aromatic heterocycles. The third-order valence-corrected chi connectivity index (χ3v) is 8.70. The highest BCUT2D eigenvalue weighted by Gasteiger charge is 2.55. The largest absolute Gasteiger partial charge is 0.501 e. The van der Waals surface area contributed by atoms with E-state index in [2.05, 4.69) is 43.9 Å². The van der Waals surface area contributed by atoms with Gasteiger partial charge in [0.2, 0.25) is 0 Å². The van der Waals surface area contributed by atoms with E-state index >= 15 is 0 Å². The van der Waals surface area contributed by atoms with Gasteiger partial charge in [0.1, 0.15) is 0 Å². The van der Waals surface area contributed by atoms with Crippen molar-refractivity contribution in [1.29, 1.82) is 0 Å². The molecule has 0 aromatic rings. The Morgan fingerprint density at radius 1 is 1.11 bits per heavy atom. The lowest BCUT2D eigenvalue weighted by atomic mass is 9.54. The van der Waals surface area contributed by atoms with E-state index in [4.69, 9.17) is 4.74 Å². The Hall–Kier alpha value is -0.800. The molecule has 0 spiro atoms. The molecule has 3 nitrogen and oxygen atoms in total. The zero-order valence-electron chi connectivity index (χ0n) is 18.3. The average Bonchev–Trinajstić information content (AvgIpc) is 3.02. The molecule has 4 aliphatic rings. The molecule has 0 saturated heterocycles. The van der Waals surface area contributed by atoms with Crippen molar-refractivity contribution < 1.29 is 4.74 Å². The van der Waals surface area contributed by atoms with Crippen molar-refractivity contribution in [2.75, 3.05) is 41.3 Å². The summed E-state index contributed by atoms with van der Waals surface area (Å²) in [5, 5.41) is 0. The molecule has 5 atom stereocenters. The molecule has 0 unspecified atom stereocenters. The van der Waals surface area contributed by atoms with Crippen LogP contribution in [0.2, 0.25) is 0 Å². The minimum absolute atomic E-state index is 0.530. The first-order chi connectivity index (χ1) is 12.9. The fraction of sp³-hybridized carbons (Fsp3) is 0.833. The van der Waals surface area contributed by atoms with E-state index in [1.807, 2.05) is 12.7 Å².